The van der Waals surface area contributed by atoms with Gasteiger partial charge in [-0.25, -0.2) is 4.98 Å². The Balaban J connectivity index is 2.08. The van der Waals surface area contributed by atoms with Crippen molar-refractivity contribution in [3.63, 3.8) is 0 Å². The smallest absolute Gasteiger partial charge is 0.154 e. The number of hydrogen-bond acceptors (Lipinski definition) is 4. The summed E-state index contributed by atoms with van der Waals surface area (Å²) in [6.07, 6.45) is 5.00. The lowest BCUT2D eigenvalue weighted by Crippen LogP contribution is -2.21. The van der Waals surface area contributed by atoms with E-state index in [9.17, 15) is 0 Å². The molecule has 0 radical (unpaired) electrons. The van der Waals surface area contributed by atoms with E-state index in [4.69, 9.17) is 4.42 Å². The van der Waals surface area contributed by atoms with E-state index in [0.29, 0.717) is 6.04 Å². The molecular weight excluding hydrogens is 202 g/mol. The van der Waals surface area contributed by atoms with Crippen LogP contribution in [0.2, 0.25) is 0 Å². The molecule has 0 atom stereocenters. The molecule has 1 N–H and O–H groups in total. The maximum atomic E-state index is 5.66. The molecule has 0 aliphatic carbocycles. The van der Waals surface area contributed by atoms with Crippen LogP contribution in [0, 0.1) is 0 Å². The van der Waals surface area contributed by atoms with Gasteiger partial charge < -0.3 is 9.73 Å². The van der Waals surface area contributed by atoms with Crippen LogP contribution in [0.15, 0.2) is 35.1 Å². The predicted molar refractivity (Wildman–Crippen MR) is 61.7 cm³/mol. The van der Waals surface area contributed by atoms with Gasteiger partial charge in [0.25, 0.3) is 0 Å². The van der Waals surface area contributed by atoms with E-state index in [0.717, 1.165) is 23.8 Å². The highest BCUT2D eigenvalue weighted by Crippen LogP contribution is 2.18. The molecule has 4 heteroatoms. The van der Waals surface area contributed by atoms with E-state index in [2.05, 4.69) is 29.1 Å². The fourth-order valence-electron chi connectivity index (χ4n) is 1.34. The molecule has 2 heterocycles. The van der Waals surface area contributed by atoms with E-state index >= 15 is 0 Å². The molecule has 0 unspecified atom stereocenters. The van der Waals surface area contributed by atoms with Crippen molar-refractivity contribution in [2.24, 2.45) is 0 Å². The first kappa shape index (κ1) is 10.8. The quantitative estimate of drug-likeness (QED) is 0.853. The van der Waals surface area contributed by atoms with Crippen LogP contribution < -0.4 is 5.32 Å². The maximum Gasteiger partial charge on any atom is 0.154 e. The van der Waals surface area contributed by atoms with Gasteiger partial charge in [-0.15, -0.1) is 0 Å². The van der Waals surface area contributed by atoms with E-state index in [1.165, 1.54) is 0 Å². The van der Waals surface area contributed by atoms with Crippen LogP contribution >= 0.6 is 0 Å². The molecule has 2 aromatic rings. The van der Waals surface area contributed by atoms with Gasteiger partial charge in [-0.3, -0.25) is 4.98 Å². The van der Waals surface area contributed by atoms with Crippen LogP contribution in [0.3, 0.4) is 0 Å². The summed E-state index contributed by atoms with van der Waals surface area (Å²) >= 11 is 0. The van der Waals surface area contributed by atoms with Gasteiger partial charge >= 0.3 is 0 Å². The van der Waals surface area contributed by atoms with E-state index in [1.807, 2.05) is 12.1 Å². The molecule has 0 aliphatic rings. The van der Waals surface area contributed by atoms with Crippen molar-refractivity contribution < 1.29 is 4.42 Å². The average Bonchev–Trinajstić information content (AvgIpc) is 2.76. The molecule has 2 rings (SSSR count). The molecule has 84 valence electrons. The van der Waals surface area contributed by atoms with Crippen LogP contribution in [0.4, 0.5) is 0 Å². The fourth-order valence-corrected chi connectivity index (χ4v) is 1.34. The summed E-state index contributed by atoms with van der Waals surface area (Å²) in [5, 5.41) is 3.30. The Hall–Kier alpha value is -1.68. The molecule has 4 nitrogen and oxygen atoms in total. The van der Waals surface area contributed by atoms with E-state index < -0.39 is 0 Å². The Kier molecular flexibility index (Phi) is 3.31. The second-order valence-electron chi connectivity index (χ2n) is 3.89. The number of hydrogen-bond donors (Lipinski definition) is 1. The number of aromatic nitrogens is 2. The lowest BCUT2D eigenvalue weighted by atomic mass is 10.3. The lowest BCUT2D eigenvalue weighted by Gasteiger charge is -2.04. The summed E-state index contributed by atoms with van der Waals surface area (Å²) in [7, 11) is 0. The van der Waals surface area contributed by atoms with Crippen LogP contribution in [0.1, 0.15) is 19.6 Å². The summed E-state index contributed by atoms with van der Waals surface area (Å²) < 4.78 is 5.66. The number of nitrogens with zero attached hydrogens (tertiary/aromatic N) is 2. The summed E-state index contributed by atoms with van der Waals surface area (Å²) in [5.41, 5.74) is 0.762. The zero-order chi connectivity index (χ0) is 11.4. The van der Waals surface area contributed by atoms with Crippen LogP contribution in [-0.2, 0) is 6.54 Å². The normalized spacial score (nSPS) is 10.9. The summed E-state index contributed by atoms with van der Waals surface area (Å²) in [5.74, 6) is 1.67. The Bertz CT molecular complexity index is 437. The Morgan fingerprint density at radius 1 is 1.31 bits per heavy atom. The third kappa shape index (κ3) is 2.67. The fraction of sp³-hybridized carbons (Fsp3) is 0.333. The van der Waals surface area contributed by atoms with Crippen molar-refractivity contribution in [1.29, 1.82) is 0 Å². The summed E-state index contributed by atoms with van der Waals surface area (Å²) in [4.78, 5) is 8.19. The van der Waals surface area contributed by atoms with Gasteiger partial charge in [-0.05, 0) is 12.1 Å². The van der Waals surface area contributed by atoms with Gasteiger partial charge in [0.05, 0.1) is 12.7 Å². The Morgan fingerprint density at radius 2 is 2.19 bits per heavy atom. The third-order valence-electron chi connectivity index (χ3n) is 2.16. The van der Waals surface area contributed by atoms with Crippen molar-refractivity contribution in [3.05, 3.63) is 36.5 Å². The second kappa shape index (κ2) is 4.90. The van der Waals surface area contributed by atoms with Crippen molar-refractivity contribution in [3.8, 4) is 11.5 Å². The van der Waals surface area contributed by atoms with Gasteiger partial charge in [0.15, 0.2) is 5.76 Å². The molecule has 0 aliphatic heterocycles. The number of rotatable bonds is 4. The average molecular weight is 217 g/mol. The van der Waals surface area contributed by atoms with Crippen molar-refractivity contribution >= 4 is 0 Å². The zero-order valence-electron chi connectivity index (χ0n) is 9.47. The molecular formula is C12H15N3O. The summed E-state index contributed by atoms with van der Waals surface area (Å²) in [6.45, 7) is 4.94. The van der Waals surface area contributed by atoms with Crippen LogP contribution in [0.5, 0.6) is 0 Å². The predicted octanol–water partition coefficient (Wildman–Crippen LogP) is 2.23. The largest absolute Gasteiger partial charge is 0.458 e. The molecule has 2 aromatic heterocycles. The topological polar surface area (TPSA) is 51.0 Å². The van der Waals surface area contributed by atoms with Gasteiger partial charge in [0, 0.05) is 18.4 Å². The summed E-state index contributed by atoms with van der Waals surface area (Å²) in [6, 6.07) is 4.32. The van der Waals surface area contributed by atoms with E-state index in [-0.39, 0.29) is 0 Å². The second-order valence-corrected chi connectivity index (χ2v) is 3.89. The minimum atomic E-state index is 0.449. The molecule has 16 heavy (non-hydrogen) atoms. The van der Waals surface area contributed by atoms with Gasteiger partial charge in [0.2, 0.25) is 0 Å². The SMILES string of the molecule is CC(C)NCc1ccc(-c2cnccn2)o1. The highest BCUT2D eigenvalue weighted by Gasteiger charge is 2.05. The highest BCUT2D eigenvalue weighted by atomic mass is 16.3. The lowest BCUT2D eigenvalue weighted by molar-refractivity contribution is 0.472. The number of nitrogens with one attached hydrogen (secondary N) is 1. The standard InChI is InChI=1S/C12H15N3O/c1-9(2)15-7-10-3-4-12(16-10)11-8-13-5-6-14-11/h3-6,8-9,15H,7H2,1-2H3. The Labute approximate surface area is 94.7 Å². The first-order valence-electron chi connectivity index (χ1n) is 5.34. The van der Waals surface area contributed by atoms with Crippen molar-refractivity contribution in [1.82, 2.24) is 15.3 Å². The van der Waals surface area contributed by atoms with Gasteiger partial charge in [-0.2, -0.15) is 0 Å². The molecule has 0 spiro atoms. The van der Waals surface area contributed by atoms with Crippen LogP contribution in [-0.4, -0.2) is 16.0 Å². The van der Waals surface area contributed by atoms with Crippen molar-refractivity contribution in [2.75, 3.05) is 0 Å². The molecule has 0 bridgehead atoms. The number of furan rings is 1. The molecule has 0 fully saturated rings. The maximum absolute atomic E-state index is 5.66. The highest BCUT2D eigenvalue weighted by molar-refractivity contribution is 5.50. The Morgan fingerprint density at radius 3 is 2.88 bits per heavy atom. The van der Waals surface area contributed by atoms with Crippen LogP contribution in [0.25, 0.3) is 11.5 Å². The monoisotopic (exact) mass is 217 g/mol. The molecule has 0 saturated heterocycles. The molecule has 0 saturated carbocycles. The van der Waals surface area contributed by atoms with Gasteiger partial charge in [0.1, 0.15) is 11.5 Å². The van der Waals surface area contributed by atoms with Crippen molar-refractivity contribution in [2.45, 2.75) is 26.4 Å². The third-order valence-corrected chi connectivity index (χ3v) is 2.16. The minimum Gasteiger partial charge on any atom is -0.458 e. The molecule has 0 amide bonds. The van der Waals surface area contributed by atoms with Gasteiger partial charge in [-0.1, -0.05) is 13.8 Å². The van der Waals surface area contributed by atoms with E-state index in [1.54, 1.807) is 18.6 Å². The first-order chi connectivity index (χ1) is 7.75. The molecule has 0 aromatic carbocycles. The first-order valence-corrected chi connectivity index (χ1v) is 5.34. The zero-order valence-corrected chi connectivity index (χ0v) is 9.47. The minimum absolute atomic E-state index is 0.449.